The van der Waals surface area contributed by atoms with Crippen molar-refractivity contribution in [3.8, 4) is 5.75 Å². The number of hydrogen-bond acceptors (Lipinski definition) is 5. The highest BCUT2D eigenvalue weighted by Crippen LogP contribution is 2.24. The van der Waals surface area contributed by atoms with Crippen LogP contribution in [0.4, 0.5) is 0 Å². The van der Waals surface area contributed by atoms with Crippen LogP contribution in [0.1, 0.15) is 16.7 Å². The molecule has 2 aromatic carbocycles. The molecule has 0 aliphatic carbocycles. The number of aryl methyl sites for hydroxylation is 1. The monoisotopic (exact) mass is 353 g/mol. The number of methoxy groups -OCH3 is 1. The molecule has 1 aliphatic rings. The molecule has 25 heavy (non-hydrogen) atoms. The molecule has 0 saturated carbocycles. The number of benzene rings is 2. The molecule has 2 aromatic rings. The average Bonchev–Trinajstić information content (AvgIpc) is 2.97. The van der Waals surface area contributed by atoms with Gasteiger partial charge >= 0.3 is 0 Å². The van der Waals surface area contributed by atoms with Crippen LogP contribution < -0.4 is 10.1 Å². The third kappa shape index (κ3) is 4.48. The van der Waals surface area contributed by atoms with E-state index in [4.69, 9.17) is 4.74 Å². The molecule has 6 heteroatoms. The number of ether oxygens (including phenoxy) is 1. The summed E-state index contributed by atoms with van der Waals surface area (Å²) in [7, 11) is 1.63. The number of amides is 1. The van der Waals surface area contributed by atoms with Gasteiger partial charge in [0.1, 0.15) is 5.75 Å². The minimum absolute atomic E-state index is 0.0216. The second kappa shape index (κ2) is 7.98. The largest absolute Gasteiger partial charge is 0.497 e. The maximum atomic E-state index is 12.1. The molecule has 0 bridgehead atoms. The van der Waals surface area contributed by atoms with Gasteiger partial charge in [0.2, 0.25) is 5.91 Å². The number of nitrogens with zero attached hydrogens (tertiary/aromatic N) is 2. The minimum Gasteiger partial charge on any atom is -0.497 e. The standard InChI is InChI=1S/C19H19N3O2S/c1-13-5-3-4-6-15(13)11-17-18(23)21-19(25-17)22-20-12-14-7-9-16(24-2)10-8-14/h3-10,12,17H,11H2,1-2H3,(H,21,22,23)/t17-/m0/s1. The number of carbonyl (C=O) groups is 1. The molecule has 1 N–H and O–H groups in total. The molecule has 1 amide bonds. The topological polar surface area (TPSA) is 63.1 Å². The van der Waals surface area contributed by atoms with E-state index in [1.54, 1.807) is 13.3 Å². The van der Waals surface area contributed by atoms with Crippen LogP contribution in [0.25, 0.3) is 0 Å². The summed E-state index contributed by atoms with van der Waals surface area (Å²) in [6, 6.07) is 15.6. The quantitative estimate of drug-likeness (QED) is 0.663. The summed E-state index contributed by atoms with van der Waals surface area (Å²) in [6.45, 7) is 2.06. The first-order valence-electron chi connectivity index (χ1n) is 7.93. The molecule has 0 radical (unpaired) electrons. The van der Waals surface area contributed by atoms with Crippen molar-refractivity contribution < 1.29 is 9.53 Å². The molecule has 0 aromatic heterocycles. The first kappa shape index (κ1) is 17.2. The van der Waals surface area contributed by atoms with Gasteiger partial charge < -0.3 is 10.1 Å². The first-order valence-corrected chi connectivity index (χ1v) is 8.81. The van der Waals surface area contributed by atoms with Crippen LogP contribution in [0.2, 0.25) is 0 Å². The van der Waals surface area contributed by atoms with Crippen LogP contribution in [-0.2, 0) is 11.2 Å². The Balaban J connectivity index is 1.62. The van der Waals surface area contributed by atoms with Gasteiger partial charge in [0.15, 0.2) is 5.17 Å². The maximum absolute atomic E-state index is 12.1. The predicted octanol–water partition coefficient (Wildman–Crippen LogP) is 3.17. The molecule has 1 saturated heterocycles. The van der Waals surface area contributed by atoms with E-state index in [0.717, 1.165) is 11.3 Å². The molecular formula is C19H19N3O2S. The lowest BCUT2D eigenvalue weighted by Crippen LogP contribution is -2.26. The summed E-state index contributed by atoms with van der Waals surface area (Å²) in [5.74, 6) is 0.771. The van der Waals surface area contributed by atoms with E-state index in [1.807, 2.05) is 36.4 Å². The van der Waals surface area contributed by atoms with Gasteiger partial charge in [-0.15, -0.1) is 5.10 Å². The highest BCUT2D eigenvalue weighted by molar-refractivity contribution is 8.15. The van der Waals surface area contributed by atoms with Crippen LogP contribution in [0.15, 0.2) is 58.7 Å². The van der Waals surface area contributed by atoms with Gasteiger partial charge in [0.05, 0.1) is 18.6 Å². The number of nitrogens with one attached hydrogen (secondary N) is 1. The maximum Gasteiger partial charge on any atom is 0.239 e. The molecule has 5 nitrogen and oxygen atoms in total. The Bertz CT molecular complexity index is 816. The molecule has 0 unspecified atom stereocenters. The second-order valence-electron chi connectivity index (χ2n) is 5.65. The van der Waals surface area contributed by atoms with Crippen LogP contribution in [0.5, 0.6) is 5.75 Å². The van der Waals surface area contributed by atoms with Gasteiger partial charge in [-0.3, -0.25) is 4.79 Å². The Kier molecular flexibility index (Phi) is 5.50. The van der Waals surface area contributed by atoms with Gasteiger partial charge in [0.25, 0.3) is 0 Å². The lowest BCUT2D eigenvalue weighted by Gasteiger charge is -2.07. The fraction of sp³-hybridized carbons (Fsp3) is 0.211. The van der Waals surface area contributed by atoms with Gasteiger partial charge in [-0.2, -0.15) is 5.10 Å². The van der Waals surface area contributed by atoms with E-state index in [1.165, 1.54) is 22.9 Å². The van der Waals surface area contributed by atoms with Gasteiger partial charge in [-0.25, -0.2) is 0 Å². The average molecular weight is 353 g/mol. The molecule has 1 heterocycles. The smallest absolute Gasteiger partial charge is 0.239 e. The van der Waals surface area contributed by atoms with Crippen LogP contribution in [-0.4, -0.2) is 29.6 Å². The summed E-state index contributed by atoms with van der Waals surface area (Å²) in [5.41, 5.74) is 3.29. The van der Waals surface area contributed by atoms with E-state index in [9.17, 15) is 4.79 Å². The van der Waals surface area contributed by atoms with Crippen LogP contribution in [0, 0.1) is 6.92 Å². The van der Waals surface area contributed by atoms with E-state index in [-0.39, 0.29) is 11.2 Å². The Morgan fingerprint density at radius 1 is 1.20 bits per heavy atom. The first-order chi connectivity index (χ1) is 12.2. The number of carbonyl (C=O) groups excluding carboxylic acids is 1. The molecule has 128 valence electrons. The molecule has 1 atom stereocenters. The van der Waals surface area contributed by atoms with Crippen LogP contribution in [0.3, 0.4) is 0 Å². The van der Waals surface area contributed by atoms with E-state index in [0.29, 0.717) is 11.6 Å². The summed E-state index contributed by atoms with van der Waals surface area (Å²) in [5, 5.41) is 11.3. The zero-order chi connectivity index (χ0) is 17.6. The number of hydrogen-bond donors (Lipinski definition) is 1. The Labute approximate surface area is 151 Å². The van der Waals surface area contributed by atoms with Gasteiger partial charge in [-0.1, -0.05) is 36.0 Å². The van der Waals surface area contributed by atoms with Gasteiger partial charge in [-0.05, 0) is 54.3 Å². The summed E-state index contributed by atoms with van der Waals surface area (Å²) >= 11 is 1.42. The van der Waals surface area contributed by atoms with Crippen molar-refractivity contribution in [2.75, 3.05) is 7.11 Å². The summed E-state index contributed by atoms with van der Waals surface area (Å²) < 4.78 is 5.11. The summed E-state index contributed by atoms with van der Waals surface area (Å²) in [4.78, 5) is 12.1. The zero-order valence-corrected chi connectivity index (χ0v) is 14.9. The van der Waals surface area contributed by atoms with Crippen molar-refractivity contribution in [3.63, 3.8) is 0 Å². The Hall–Kier alpha value is -2.60. The fourth-order valence-electron chi connectivity index (χ4n) is 2.46. The molecular weight excluding hydrogens is 334 g/mol. The lowest BCUT2D eigenvalue weighted by molar-refractivity contribution is -0.118. The Morgan fingerprint density at radius 3 is 2.68 bits per heavy atom. The highest BCUT2D eigenvalue weighted by atomic mass is 32.2. The van der Waals surface area contributed by atoms with E-state index in [2.05, 4.69) is 34.6 Å². The predicted molar refractivity (Wildman–Crippen MR) is 102 cm³/mol. The highest BCUT2D eigenvalue weighted by Gasteiger charge is 2.30. The third-order valence-corrected chi connectivity index (χ3v) is 4.99. The zero-order valence-electron chi connectivity index (χ0n) is 14.1. The number of rotatable bonds is 5. The molecule has 1 fully saturated rings. The second-order valence-corrected chi connectivity index (χ2v) is 6.84. The Morgan fingerprint density at radius 2 is 1.96 bits per heavy atom. The molecule has 1 aliphatic heterocycles. The SMILES string of the molecule is COc1ccc(C=N/N=C2\NC(=O)[C@H](Cc3ccccc3C)S2)cc1. The number of amidine groups is 1. The number of thioether (sulfide) groups is 1. The van der Waals surface area contributed by atoms with Crippen molar-refractivity contribution in [1.82, 2.24) is 5.32 Å². The van der Waals surface area contributed by atoms with E-state index < -0.39 is 0 Å². The fourth-order valence-corrected chi connectivity index (χ4v) is 3.42. The van der Waals surface area contributed by atoms with Gasteiger partial charge in [0, 0.05) is 0 Å². The molecule has 0 spiro atoms. The van der Waals surface area contributed by atoms with Crippen molar-refractivity contribution in [2.45, 2.75) is 18.6 Å². The van der Waals surface area contributed by atoms with Crippen molar-refractivity contribution >= 4 is 29.1 Å². The third-order valence-electron chi connectivity index (χ3n) is 3.91. The molecule has 3 rings (SSSR count). The minimum atomic E-state index is -0.170. The van der Waals surface area contributed by atoms with Crippen molar-refractivity contribution in [2.24, 2.45) is 10.2 Å². The summed E-state index contributed by atoms with van der Waals surface area (Å²) in [6.07, 6.45) is 2.33. The van der Waals surface area contributed by atoms with Crippen molar-refractivity contribution in [1.29, 1.82) is 0 Å². The normalized spacial score (nSPS) is 18.7. The van der Waals surface area contributed by atoms with E-state index >= 15 is 0 Å². The van der Waals surface area contributed by atoms with Crippen molar-refractivity contribution in [3.05, 3.63) is 65.2 Å². The lowest BCUT2D eigenvalue weighted by atomic mass is 10.0. The van der Waals surface area contributed by atoms with Crippen LogP contribution >= 0.6 is 11.8 Å².